The van der Waals surface area contributed by atoms with Crippen LogP contribution >= 0.6 is 23.2 Å². The molecule has 0 spiro atoms. The molecule has 6 N–H and O–H groups in total. The molecule has 0 aliphatic heterocycles. The van der Waals surface area contributed by atoms with Gasteiger partial charge in [0, 0.05) is 19.3 Å². The van der Waals surface area contributed by atoms with Gasteiger partial charge in [-0.15, -0.1) is 0 Å². The monoisotopic (exact) mass is 453 g/mol. The molecule has 0 saturated carbocycles. The highest BCUT2D eigenvalue weighted by Gasteiger charge is 2.18. The first kappa shape index (κ1) is 23.7. The van der Waals surface area contributed by atoms with Crippen LogP contribution in [0, 0.1) is 5.41 Å². The highest BCUT2D eigenvalue weighted by Crippen LogP contribution is 2.30. The maximum atomic E-state index is 12.2. The molecule has 2 rings (SSSR count). The minimum absolute atomic E-state index is 0.00297. The molecule has 0 saturated heterocycles. The Kier molecular flexibility index (Phi) is 8.64. The molecule has 2 amide bonds. The van der Waals surface area contributed by atoms with Crippen molar-refractivity contribution in [1.82, 2.24) is 15.4 Å². The lowest BCUT2D eigenvalue weighted by Crippen LogP contribution is -2.34. The average Bonchev–Trinajstić information content (AvgIpc) is 2.68. The standard InChI is InChI=1S/C19H25Cl2N7O2/c1-10(2)12-9-16(26-18(17(12)23-3)13(22)5-4-6-29)27-28-19(30)24-11-7-14(20)25-15(21)8-11/h7-10,22-23,29H,4-6H2,1-3H3,(H,26,27)(H2,24,25,28,30). The number of rotatable bonds is 9. The Morgan fingerprint density at radius 1 is 1.20 bits per heavy atom. The number of anilines is 3. The number of urea groups is 1. The molecule has 162 valence electrons. The van der Waals surface area contributed by atoms with Crippen LogP contribution in [-0.4, -0.2) is 40.5 Å². The minimum Gasteiger partial charge on any atom is -0.396 e. The number of aliphatic hydroxyl groups excluding tert-OH is 1. The Labute approximate surface area is 185 Å². The Bertz CT molecular complexity index is 902. The van der Waals surface area contributed by atoms with Gasteiger partial charge in [0.1, 0.15) is 21.8 Å². The second kappa shape index (κ2) is 11.0. The molecule has 9 nitrogen and oxygen atoms in total. The Morgan fingerprint density at radius 3 is 2.43 bits per heavy atom. The van der Waals surface area contributed by atoms with E-state index >= 15 is 0 Å². The number of hydrazine groups is 1. The van der Waals surface area contributed by atoms with Crippen molar-refractivity contribution in [3.05, 3.63) is 39.8 Å². The summed E-state index contributed by atoms with van der Waals surface area (Å²) in [5, 5.41) is 23.4. The van der Waals surface area contributed by atoms with E-state index in [1.807, 2.05) is 13.8 Å². The number of nitrogens with one attached hydrogen (secondary N) is 5. The van der Waals surface area contributed by atoms with Crippen molar-refractivity contribution in [2.24, 2.45) is 0 Å². The van der Waals surface area contributed by atoms with Crippen LogP contribution in [0.3, 0.4) is 0 Å². The Balaban J connectivity index is 2.20. The topological polar surface area (TPSA) is 135 Å². The third-order valence-electron chi connectivity index (χ3n) is 4.12. The summed E-state index contributed by atoms with van der Waals surface area (Å²) in [6.45, 7) is 4.05. The molecule has 0 aromatic carbocycles. The van der Waals surface area contributed by atoms with Gasteiger partial charge >= 0.3 is 6.03 Å². The molecule has 0 atom stereocenters. The third-order valence-corrected chi connectivity index (χ3v) is 4.50. The summed E-state index contributed by atoms with van der Waals surface area (Å²) in [7, 11) is 1.77. The van der Waals surface area contributed by atoms with Crippen molar-refractivity contribution >= 4 is 52.1 Å². The SMILES string of the molecule is CNc1c(C(C)C)cc(NNC(=O)Nc2cc(Cl)nc(Cl)c2)nc1C(=N)CCCO. The Hall–Kier alpha value is -2.62. The van der Waals surface area contributed by atoms with Gasteiger partial charge in [-0.05, 0) is 42.5 Å². The van der Waals surface area contributed by atoms with E-state index < -0.39 is 6.03 Å². The molecule has 0 aliphatic rings. The van der Waals surface area contributed by atoms with Gasteiger partial charge in [0.05, 0.1) is 11.4 Å². The number of hydrogen-bond acceptors (Lipinski definition) is 7. The van der Waals surface area contributed by atoms with E-state index in [0.29, 0.717) is 35.8 Å². The number of hydrogen-bond donors (Lipinski definition) is 6. The molecule has 2 aromatic rings. The van der Waals surface area contributed by atoms with Gasteiger partial charge < -0.3 is 21.1 Å². The van der Waals surface area contributed by atoms with Crippen molar-refractivity contribution in [2.45, 2.75) is 32.6 Å². The van der Waals surface area contributed by atoms with Crippen LogP contribution in [0.5, 0.6) is 0 Å². The second-order valence-electron chi connectivity index (χ2n) is 6.74. The molecule has 0 radical (unpaired) electrons. The van der Waals surface area contributed by atoms with Crippen LogP contribution < -0.4 is 21.5 Å². The fourth-order valence-corrected chi connectivity index (χ4v) is 3.22. The smallest absolute Gasteiger partial charge is 0.337 e. The van der Waals surface area contributed by atoms with Gasteiger partial charge in [-0.25, -0.2) is 14.8 Å². The number of aliphatic hydroxyl groups is 1. The lowest BCUT2D eigenvalue weighted by molar-refractivity contribution is 0.254. The second-order valence-corrected chi connectivity index (χ2v) is 7.51. The molecule has 30 heavy (non-hydrogen) atoms. The zero-order valence-electron chi connectivity index (χ0n) is 16.9. The summed E-state index contributed by atoms with van der Waals surface area (Å²) in [5.41, 5.74) is 8.10. The maximum absolute atomic E-state index is 12.2. The van der Waals surface area contributed by atoms with Crippen LogP contribution in [0.25, 0.3) is 0 Å². The highest BCUT2D eigenvalue weighted by molar-refractivity contribution is 6.33. The largest absolute Gasteiger partial charge is 0.396 e. The number of pyridine rings is 2. The van der Waals surface area contributed by atoms with E-state index in [1.165, 1.54) is 12.1 Å². The molecular weight excluding hydrogens is 429 g/mol. The number of carbonyl (C=O) groups excluding carboxylic acids is 1. The van der Waals surface area contributed by atoms with E-state index in [9.17, 15) is 4.79 Å². The van der Waals surface area contributed by atoms with Gasteiger partial charge in [-0.3, -0.25) is 10.9 Å². The van der Waals surface area contributed by atoms with Crippen LogP contribution in [-0.2, 0) is 0 Å². The Morgan fingerprint density at radius 2 is 1.87 bits per heavy atom. The molecule has 0 aliphatic carbocycles. The predicted molar refractivity (Wildman–Crippen MR) is 121 cm³/mol. The van der Waals surface area contributed by atoms with Crippen molar-refractivity contribution in [2.75, 3.05) is 29.7 Å². The van der Waals surface area contributed by atoms with Gasteiger partial charge in [0.15, 0.2) is 0 Å². The van der Waals surface area contributed by atoms with E-state index in [1.54, 1.807) is 13.1 Å². The molecule has 0 fully saturated rings. The van der Waals surface area contributed by atoms with Crippen molar-refractivity contribution in [3.8, 4) is 0 Å². The first-order valence-corrected chi connectivity index (χ1v) is 10.1. The van der Waals surface area contributed by atoms with Crippen LogP contribution in [0.15, 0.2) is 18.2 Å². The highest BCUT2D eigenvalue weighted by atomic mass is 35.5. The first-order chi connectivity index (χ1) is 14.2. The summed E-state index contributed by atoms with van der Waals surface area (Å²) in [6, 6.07) is 4.17. The minimum atomic E-state index is -0.559. The van der Waals surface area contributed by atoms with E-state index in [-0.39, 0.29) is 22.8 Å². The van der Waals surface area contributed by atoms with Crippen molar-refractivity contribution in [1.29, 1.82) is 5.41 Å². The normalized spacial score (nSPS) is 10.6. The summed E-state index contributed by atoms with van der Waals surface area (Å²) >= 11 is 11.7. The fraction of sp³-hybridized carbons (Fsp3) is 0.368. The molecule has 0 bridgehead atoms. The van der Waals surface area contributed by atoms with Gasteiger partial charge in [-0.1, -0.05) is 37.0 Å². The third kappa shape index (κ3) is 6.45. The predicted octanol–water partition coefficient (Wildman–Crippen LogP) is 4.24. The summed E-state index contributed by atoms with van der Waals surface area (Å²) < 4.78 is 0. The van der Waals surface area contributed by atoms with Crippen LogP contribution in [0.2, 0.25) is 10.3 Å². The van der Waals surface area contributed by atoms with Crippen LogP contribution in [0.1, 0.15) is 43.9 Å². The average molecular weight is 454 g/mol. The summed E-state index contributed by atoms with van der Waals surface area (Å²) in [6.07, 6.45) is 0.854. The summed E-state index contributed by atoms with van der Waals surface area (Å²) in [4.78, 5) is 20.5. The number of nitrogens with zero attached hydrogens (tertiary/aromatic N) is 2. The van der Waals surface area contributed by atoms with Crippen LogP contribution in [0.4, 0.5) is 22.0 Å². The van der Waals surface area contributed by atoms with Crippen molar-refractivity contribution in [3.63, 3.8) is 0 Å². The quantitative estimate of drug-likeness (QED) is 0.191. The van der Waals surface area contributed by atoms with Crippen molar-refractivity contribution < 1.29 is 9.90 Å². The lowest BCUT2D eigenvalue weighted by atomic mass is 9.98. The van der Waals surface area contributed by atoms with Gasteiger partial charge in [0.25, 0.3) is 0 Å². The summed E-state index contributed by atoms with van der Waals surface area (Å²) in [5.74, 6) is 0.526. The van der Waals surface area contributed by atoms with E-state index in [4.69, 9.17) is 33.7 Å². The van der Waals surface area contributed by atoms with E-state index in [0.717, 1.165) is 11.3 Å². The number of halogens is 2. The maximum Gasteiger partial charge on any atom is 0.337 e. The number of carbonyl (C=O) groups is 1. The van der Waals surface area contributed by atoms with E-state index in [2.05, 4.69) is 31.5 Å². The lowest BCUT2D eigenvalue weighted by Gasteiger charge is -2.19. The first-order valence-electron chi connectivity index (χ1n) is 9.32. The molecule has 2 aromatic heterocycles. The zero-order chi connectivity index (χ0) is 22.3. The molecule has 11 heteroatoms. The number of amides is 2. The number of aromatic nitrogens is 2. The molecular formula is C19H25Cl2N7O2. The molecule has 2 heterocycles. The zero-order valence-corrected chi connectivity index (χ0v) is 18.4. The van der Waals surface area contributed by atoms with Gasteiger partial charge in [-0.2, -0.15) is 0 Å². The molecule has 0 unspecified atom stereocenters. The van der Waals surface area contributed by atoms with Gasteiger partial charge in [0.2, 0.25) is 0 Å². The fourth-order valence-electron chi connectivity index (χ4n) is 2.76.